The Morgan fingerprint density at radius 3 is 2.42 bits per heavy atom. The molecule has 0 aliphatic carbocycles. The van der Waals surface area contributed by atoms with Gasteiger partial charge in [0.2, 0.25) is 17.7 Å². The molecule has 5 fully saturated rings. The van der Waals surface area contributed by atoms with Crippen LogP contribution in [0.15, 0.2) is 60.9 Å². The minimum Gasteiger partial charge on any atom is -0.486 e. The molecule has 10 rings (SSSR count). The molecule has 5 amide bonds. The highest BCUT2D eigenvalue weighted by atomic mass is 35.5. The maximum absolute atomic E-state index is 15.7. The van der Waals surface area contributed by atoms with Gasteiger partial charge in [0.15, 0.2) is 0 Å². The van der Waals surface area contributed by atoms with Crippen LogP contribution in [0.3, 0.4) is 0 Å². The Kier molecular flexibility index (Phi) is 12.1. The van der Waals surface area contributed by atoms with E-state index >= 15 is 4.39 Å². The van der Waals surface area contributed by atoms with E-state index in [4.69, 9.17) is 21.1 Å². The van der Waals surface area contributed by atoms with Gasteiger partial charge in [0.05, 0.1) is 46.3 Å². The number of nitrogens with zero attached hydrogens (tertiary/aromatic N) is 6. The lowest BCUT2D eigenvalue weighted by molar-refractivity contribution is -0.136. The number of ether oxygens (including phenoxy) is 2. The fraction of sp³-hybridized carbons (Fsp3) is 0.426. The summed E-state index contributed by atoms with van der Waals surface area (Å²) in [5.41, 5.74) is 1.84. The Labute approximate surface area is 383 Å². The van der Waals surface area contributed by atoms with E-state index in [1.54, 1.807) is 18.2 Å². The van der Waals surface area contributed by atoms with Crippen LogP contribution < -0.4 is 25.6 Å². The third kappa shape index (κ3) is 8.81. The molecule has 3 aromatic carbocycles. The Bertz CT molecular complexity index is 2640. The normalized spacial score (nSPS) is 23.9. The highest BCUT2D eigenvalue weighted by Crippen LogP contribution is 2.39. The van der Waals surface area contributed by atoms with Crippen molar-refractivity contribution in [3.8, 4) is 5.75 Å². The molecule has 5 saturated heterocycles. The first-order chi connectivity index (χ1) is 31.9. The quantitative estimate of drug-likeness (QED) is 0.121. The van der Waals surface area contributed by atoms with Crippen molar-refractivity contribution in [2.45, 2.75) is 69.2 Å². The molecule has 66 heavy (non-hydrogen) atoms. The van der Waals surface area contributed by atoms with Gasteiger partial charge in [-0.05, 0) is 87.5 Å². The largest absolute Gasteiger partial charge is 0.486 e. The standard InChI is InChI=1S/C47H48ClF2N9O7/c48-34-16-27(3-6-35(34)49)53-44-33-18-38(41(20-37(33)51-25-52-44)66-30-11-15-65-24-30)54-42(60)2-1-12-56-13-9-26(10-14-56)21-58-28-4-5-29(58)23-57(22-28)40-19-32-31(17-36(40)50)46(63)59(47(32)64)39-7-8-43(61)55-45(39)62/h1-3,6,16-20,25-26,28-30,39H,4-5,7-15,21-24H2,(H,54,60)(H,51,52,53)(H,55,61,62)/b2-1+. The Balaban J connectivity index is 0.733. The number of imide groups is 2. The SMILES string of the molecule is O=C(/C=C/CN1CCC(CN2C3CCC2CN(c2cc4c(cc2F)C(=O)N(C2CCC(=O)NC2=O)C4=O)C3)CC1)Nc1cc2c(Nc3ccc(F)c(Cl)c3)ncnc2cc1OC1CCOC1. The number of hydrogen-bond acceptors (Lipinski definition) is 13. The number of hydrogen-bond donors (Lipinski definition) is 3. The molecule has 16 nitrogen and oxygen atoms in total. The highest BCUT2D eigenvalue weighted by Gasteiger charge is 2.47. The van der Waals surface area contributed by atoms with Gasteiger partial charge in [-0.25, -0.2) is 18.7 Å². The number of amides is 5. The number of piperidine rings is 2. The van der Waals surface area contributed by atoms with Crippen molar-refractivity contribution in [1.29, 1.82) is 0 Å². The minimum absolute atomic E-state index is 0.00870. The zero-order valence-electron chi connectivity index (χ0n) is 35.9. The predicted molar refractivity (Wildman–Crippen MR) is 240 cm³/mol. The molecule has 6 aliphatic rings. The lowest BCUT2D eigenvalue weighted by Crippen LogP contribution is -2.55. The molecule has 4 unspecified atom stereocenters. The average Bonchev–Trinajstić information content (AvgIpc) is 3.96. The van der Waals surface area contributed by atoms with Gasteiger partial charge >= 0.3 is 0 Å². The van der Waals surface area contributed by atoms with Crippen LogP contribution >= 0.6 is 11.6 Å². The lowest BCUT2D eigenvalue weighted by atomic mass is 9.95. The molecule has 4 atom stereocenters. The summed E-state index contributed by atoms with van der Waals surface area (Å²) < 4.78 is 41.4. The maximum Gasteiger partial charge on any atom is 0.262 e. The number of nitrogens with one attached hydrogen (secondary N) is 3. The molecule has 6 aliphatic heterocycles. The number of benzene rings is 3. The van der Waals surface area contributed by atoms with Crippen LogP contribution in [0.4, 0.5) is 31.7 Å². The van der Waals surface area contributed by atoms with Gasteiger partial charge in [-0.2, -0.15) is 0 Å². The van der Waals surface area contributed by atoms with Crippen molar-refractivity contribution in [3.63, 3.8) is 0 Å². The van der Waals surface area contributed by atoms with Crippen molar-refractivity contribution in [1.82, 2.24) is 30.0 Å². The summed E-state index contributed by atoms with van der Waals surface area (Å²) in [6, 6.07) is 9.70. The number of rotatable bonds is 12. The summed E-state index contributed by atoms with van der Waals surface area (Å²) in [7, 11) is 0. The predicted octanol–water partition coefficient (Wildman–Crippen LogP) is 5.43. The fourth-order valence-electron chi connectivity index (χ4n) is 10.2. The van der Waals surface area contributed by atoms with Crippen molar-refractivity contribution < 1.29 is 42.2 Å². The summed E-state index contributed by atoms with van der Waals surface area (Å²) in [6.07, 6.45) is 9.36. The van der Waals surface area contributed by atoms with Crippen LogP contribution in [-0.2, 0) is 19.1 Å². The van der Waals surface area contributed by atoms with E-state index in [1.165, 1.54) is 30.6 Å². The van der Waals surface area contributed by atoms with Gasteiger partial charge < -0.3 is 25.0 Å². The second kappa shape index (κ2) is 18.3. The molecule has 344 valence electrons. The number of anilines is 4. The third-order valence-corrected chi connectivity index (χ3v) is 13.9. The second-order valence-electron chi connectivity index (χ2n) is 17.9. The van der Waals surface area contributed by atoms with Crippen LogP contribution in [0.25, 0.3) is 10.9 Å². The van der Waals surface area contributed by atoms with Gasteiger partial charge in [-0.1, -0.05) is 17.7 Å². The molecule has 1 aromatic heterocycles. The molecule has 7 heterocycles. The maximum atomic E-state index is 15.7. The number of likely N-dealkylation sites (tertiary alicyclic amines) is 1. The summed E-state index contributed by atoms with van der Waals surface area (Å²) in [4.78, 5) is 80.9. The summed E-state index contributed by atoms with van der Waals surface area (Å²) in [5, 5.41) is 8.93. The van der Waals surface area contributed by atoms with E-state index in [2.05, 4.69) is 35.7 Å². The molecule has 3 N–H and O–H groups in total. The number of fused-ring (bicyclic) bond motifs is 4. The fourth-order valence-corrected chi connectivity index (χ4v) is 10.4. The Morgan fingerprint density at radius 1 is 0.924 bits per heavy atom. The minimum atomic E-state index is -1.11. The number of carbonyl (C=O) groups is 5. The second-order valence-corrected chi connectivity index (χ2v) is 18.3. The molecule has 2 bridgehead atoms. The zero-order valence-corrected chi connectivity index (χ0v) is 36.7. The number of halogens is 3. The van der Waals surface area contributed by atoms with Gasteiger partial charge in [0, 0.05) is 74.3 Å². The van der Waals surface area contributed by atoms with E-state index in [9.17, 15) is 28.4 Å². The van der Waals surface area contributed by atoms with Crippen LogP contribution in [0, 0.1) is 17.6 Å². The average molecular weight is 924 g/mol. The topological polar surface area (TPSA) is 179 Å². The van der Waals surface area contributed by atoms with E-state index in [0.29, 0.717) is 79.0 Å². The van der Waals surface area contributed by atoms with Crippen LogP contribution in [0.1, 0.15) is 65.7 Å². The number of aromatic nitrogens is 2. The molecule has 19 heteroatoms. The molecule has 4 aromatic rings. The smallest absolute Gasteiger partial charge is 0.262 e. The lowest BCUT2D eigenvalue weighted by Gasteiger charge is -2.44. The molecule has 0 radical (unpaired) electrons. The van der Waals surface area contributed by atoms with Crippen molar-refractivity contribution >= 4 is 74.9 Å². The van der Waals surface area contributed by atoms with Gasteiger partial charge in [0.25, 0.3) is 11.8 Å². The van der Waals surface area contributed by atoms with Crippen molar-refractivity contribution in [2.75, 3.05) is 68.0 Å². The van der Waals surface area contributed by atoms with Crippen molar-refractivity contribution in [3.05, 3.63) is 88.7 Å². The summed E-state index contributed by atoms with van der Waals surface area (Å²) in [5.74, 6) is -2.59. The van der Waals surface area contributed by atoms with Gasteiger partial charge in [0.1, 0.15) is 41.7 Å². The number of carbonyl (C=O) groups excluding carboxylic acids is 5. The van der Waals surface area contributed by atoms with Crippen LogP contribution in [-0.4, -0.2) is 131 Å². The first-order valence-corrected chi connectivity index (χ1v) is 22.8. The molecular weight excluding hydrogens is 876 g/mol. The van der Waals surface area contributed by atoms with E-state index in [0.717, 1.165) is 56.3 Å². The Hall–Kier alpha value is -6.08. The third-order valence-electron chi connectivity index (χ3n) is 13.6. The van der Waals surface area contributed by atoms with Gasteiger partial charge in [-0.15, -0.1) is 0 Å². The Morgan fingerprint density at radius 2 is 1.70 bits per heavy atom. The van der Waals surface area contributed by atoms with E-state index in [1.807, 2.05) is 11.0 Å². The van der Waals surface area contributed by atoms with E-state index in [-0.39, 0.29) is 58.8 Å². The highest BCUT2D eigenvalue weighted by molar-refractivity contribution is 6.31. The molecule has 0 saturated carbocycles. The zero-order chi connectivity index (χ0) is 45.6. The van der Waals surface area contributed by atoms with Crippen molar-refractivity contribution in [2.24, 2.45) is 5.92 Å². The van der Waals surface area contributed by atoms with Crippen LogP contribution in [0.5, 0.6) is 5.75 Å². The van der Waals surface area contributed by atoms with Gasteiger partial charge in [-0.3, -0.25) is 44.0 Å². The molecule has 0 spiro atoms. The van der Waals surface area contributed by atoms with E-state index < -0.39 is 41.3 Å². The summed E-state index contributed by atoms with van der Waals surface area (Å²) in [6.45, 7) is 5.53. The first kappa shape index (κ1) is 43.8. The van der Waals surface area contributed by atoms with Crippen LogP contribution in [0.2, 0.25) is 5.02 Å². The summed E-state index contributed by atoms with van der Waals surface area (Å²) >= 11 is 6.02. The number of piperazine rings is 1. The first-order valence-electron chi connectivity index (χ1n) is 22.5. The molecular formula is C47H48ClF2N9O7. The monoisotopic (exact) mass is 923 g/mol.